The zero-order chi connectivity index (χ0) is 25.8. The molecule has 0 aliphatic heterocycles. The van der Waals surface area contributed by atoms with Crippen LogP contribution in [0.25, 0.3) is 11.0 Å². The lowest BCUT2D eigenvalue weighted by Crippen LogP contribution is -2.16. The van der Waals surface area contributed by atoms with Crippen LogP contribution in [0, 0.1) is 23.8 Å². The molecule has 182 valence electrons. The molecule has 0 aliphatic carbocycles. The SMILES string of the molecule is COc1cc(/C=N\NC(=O)c2cc3ccccc3o2)cc(I)c1Oc1ccc([N+](=O)[O-])cc1[N+](=O)[O-]. The summed E-state index contributed by atoms with van der Waals surface area (Å²) in [5.74, 6) is -0.233. The molecule has 0 aliphatic rings. The maximum atomic E-state index is 12.3. The second-order valence-corrected chi connectivity index (χ2v) is 8.31. The van der Waals surface area contributed by atoms with E-state index in [0.717, 1.165) is 23.6 Å². The van der Waals surface area contributed by atoms with Gasteiger partial charge in [0.1, 0.15) is 5.58 Å². The number of para-hydroxylation sites is 1. The van der Waals surface area contributed by atoms with Gasteiger partial charge in [-0.25, -0.2) is 5.43 Å². The lowest BCUT2D eigenvalue weighted by Gasteiger charge is -2.13. The number of hydrogen-bond donors (Lipinski definition) is 1. The van der Waals surface area contributed by atoms with E-state index in [-0.39, 0.29) is 23.0 Å². The standard InChI is InChI=1S/C23H15IN4O8/c1-34-20-9-13(12-25-26-23(29)21-10-14-4-2-3-5-18(14)35-21)8-16(24)22(20)36-19-7-6-15(27(30)31)11-17(19)28(32)33/h2-12H,1H3,(H,26,29)/b25-12-. The number of non-ortho nitro benzene ring substituents is 1. The predicted molar refractivity (Wildman–Crippen MR) is 137 cm³/mol. The van der Waals surface area contributed by atoms with Gasteiger partial charge < -0.3 is 13.9 Å². The second kappa shape index (κ2) is 10.4. The molecule has 0 saturated carbocycles. The van der Waals surface area contributed by atoms with Crippen molar-refractivity contribution in [1.29, 1.82) is 0 Å². The van der Waals surface area contributed by atoms with Gasteiger partial charge in [-0.1, -0.05) is 18.2 Å². The van der Waals surface area contributed by atoms with Gasteiger partial charge in [0.05, 0.1) is 32.8 Å². The summed E-state index contributed by atoms with van der Waals surface area (Å²) < 4.78 is 17.1. The number of nitrogens with one attached hydrogen (secondary N) is 1. The molecule has 4 aromatic rings. The number of benzene rings is 3. The maximum Gasteiger partial charge on any atom is 0.318 e. The van der Waals surface area contributed by atoms with Gasteiger partial charge in [-0.05, 0) is 58.5 Å². The van der Waals surface area contributed by atoms with Gasteiger partial charge in [0, 0.05) is 11.5 Å². The van der Waals surface area contributed by atoms with E-state index in [1.54, 1.807) is 30.3 Å². The van der Waals surface area contributed by atoms with Crippen LogP contribution in [0.5, 0.6) is 17.2 Å². The van der Waals surface area contributed by atoms with Crippen LogP contribution in [-0.2, 0) is 0 Å². The summed E-state index contributed by atoms with van der Waals surface area (Å²) in [7, 11) is 1.38. The number of fused-ring (bicyclic) bond motifs is 1. The van der Waals surface area contributed by atoms with Crippen molar-refractivity contribution >= 4 is 57.1 Å². The van der Waals surface area contributed by atoms with Gasteiger partial charge in [-0.15, -0.1) is 0 Å². The van der Waals surface area contributed by atoms with Crippen molar-refractivity contribution in [2.24, 2.45) is 5.10 Å². The highest BCUT2D eigenvalue weighted by Crippen LogP contribution is 2.41. The third-order valence-electron chi connectivity index (χ3n) is 4.84. The first kappa shape index (κ1) is 24.6. The van der Waals surface area contributed by atoms with Crippen LogP contribution in [-0.4, -0.2) is 29.1 Å². The molecule has 0 atom stereocenters. The minimum absolute atomic E-state index is 0.106. The largest absolute Gasteiger partial charge is 0.493 e. The number of nitro groups is 2. The summed E-state index contributed by atoms with van der Waals surface area (Å²) in [6.07, 6.45) is 1.38. The summed E-state index contributed by atoms with van der Waals surface area (Å²) in [4.78, 5) is 33.2. The van der Waals surface area contributed by atoms with Crippen molar-refractivity contribution in [3.05, 3.63) is 95.8 Å². The number of amides is 1. The zero-order valence-electron chi connectivity index (χ0n) is 18.3. The van der Waals surface area contributed by atoms with Crippen LogP contribution in [0.15, 0.2) is 70.2 Å². The number of rotatable bonds is 8. The summed E-state index contributed by atoms with van der Waals surface area (Å²) in [5, 5.41) is 27.1. The molecule has 3 aromatic carbocycles. The highest BCUT2D eigenvalue weighted by molar-refractivity contribution is 14.1. The van der Waals surface area contributed by atoms with Gasteiger partial charge in [-0.2, -0.15) is 5.10 Å². The fraction of sp³-hybridized carbons (Fsp3) is 0.0435. The molecule has 0 unspecified atom stereocenters. The number of ether oxygens (including phenoxy) is 2. The van der Waals surface area contributed by atoms with Gasteiger partial charge in [-0.3, -0.25) is 25.0 Å². The van der Waals surface area contributed by atoms with Crippen LogP contribution in [0.3, 0.4) is 0 Å². The Morgan fingerprint density at radius 3 is 2.53 bits per heavy atom. The van der Waals surface area contributed by atoms with Crippen LogP contribution < -0.4 is 14.9 Å². The van der Waals surface area contributed by atoms with E-state index >= 15 is 0 Å². The lowest BCUT2D eigenvalue weighted by atomic mass is 10.2. The van der Waals surface area contributed by atoms with E-state index in [1.807, 2.05) is 34.7 Å². The smallest absolute Gasteiger partial charge is 0.318 e. The first-order valence-electron chi connectivity index (χ1n) is 10.1. The zero-order valence-corrected chi connectivity index (χ0v) is 20.5. The van der Waals surface area contributed by atoms with Gasteiger partial charge in [0.2, 0.25) is 5.75 Å². The number of hydrazone groups is 1. The summed E-state index contributed by atoms with van der Waals surface area (Å²) in [5.41, 5.74) is 2.49. The molecule has 1 heterocycles. The average Bonchev–Trinajstić information content (AvgIpc) is 3.30. The van der Waals surface area contributed by atoms with E-state index in [9.17, 15) is 25.0 Å². The Hall–Kier alpha value is -4.53. The van der Waals surface area contributed by atoms with E-state index < -0.39 is 27.1 Å². The lowest BCUT2D eigenvalue weighted by molar-refractivity contribution is -0.394. The topological polar surface area (TPSA) is 159 Å². The molecule has 1 amide bonds. The maximum absolute atomic E-state index is 12.3. The Kier molecular flexibility index (Phi) is 7.10. The monoisotopic (exact) mass is 602 g/mol. The molecule has 0 bridgehead atoms. The normalized spacial score (nSPS) is 10.9. The molecule has 12 nitrogen and oxygen atoms in total. The van der Waals surface area contributed by atoms with Crippen molar-refractivity contribution in [2.45, 2.75) is 0 Å². The molecular weight excluding hydrogens is 587 g/mol. The Labute approximate surface area is 215 Å². The second-order valence-electron chi connectivity index (χ2n) is 7.15. The molecule has 13 heteroatoms. The van der Waals surface area contributed by atoms with Crippen LogP contribution in [0.2, 0.25) is 0 Å². The predicted octanol–water partition coefficient (Wildman–Crippen LogP) is 5.42. The molecule has 4 rings (SSSR count). The van der Waals surface area contributed by atoms with Crippen molar-refractivity contribution in [3.8, 4) is 17.2 Å². The minimum Gasteiger partial charge on any atom is -0.493 e. The van der Waals surface area contributed by atoms with Crippen LogP contribution >= 0.6 is 22.6 Å². The number of methoxy groups -OCH3 is 1. The van der Waals surface area contributed by atoms with Crippen molar-refractivity contribution in [3.63, 3.8) is 0 Å². The average molecular weight is 602 g/mol. The molecule has 0 radical (unpaired) electrons. The first-order chi connectivity index (χ1) is 17.3. The van der Waals surface area contributed by atoms with Gasteiger partial charge in [0.25, 0.3) is 5.69 Å². The third-order valence-corrected chi connectivity index (χ3v) is 5.64. The fourth-order valence-corrected chi connectivity index (χ4v) is 3.92. The summed E-state index contributed by atoms with van der Waals surface area (Å²) in [6.45, 7) is 0. The molecular formula is C23H15IN4O8. The van der Waals surface area contributed by atoms with E-state index in [1.165, 1.54) is 13.3 Å². The van der Waals surface area contributed by atoms with E-state index in [4.69, 9.17) is 13.9 Å². The number of hydrogen-bond acceptors (Lipinski definition) is 9. The highest BCUT2D eigenvalue weighted by atomic mass is 127. The molecule has 0 fully saturated rings. The number of halogens is 1. The third kappa shape index (κ3) is 5.25. The number of carbonyl (C=O) groups is 1. The van der Waals surface area contributed by atoms with E-state index in [2.05, 4.69) is 10.5 Å². The molecule has 0 spiro atoms. The molecule has 0 saturated heterocycles. The van der Waals surface area contributed by atoms with E-state index in [0.29, 0.717) is 14.7 Å². The summed E-state index contributed by atoms with van der Waals surface area (Å²) >= 11 is 1.94. The Morgan fingerprint density at radius 2 is 1.83 bits per heavy atom. The Balaban J connectivity index is 1.54. The number of furan rings is 1. The van der Waals surface area contributed by atoms with Gasteiger partial charge in [0.15, 0.2) is 17.3 Å². The van der Waals surface area contributed by atoms with Crippen molar-refractivity contribution in [2.75, 3.05) is 7.11 Å². The molecule has 36 heavy (non-hydrogen) atoms. The highest BCUT2D eigenvalue weighted by Gasteiger charge is 2.23. The quantitative estimate of drug-likeness (QED) is 0.121. The van der Waals surface area contributed by atoms with Crippen LogP contribution in [0.4, 0.5) is 11.4 Å². The van der Waals surface area contributed by atoms with Gasteiger partial charge >= 0.3 is 11.6 Å². The molecule has 1 N–H and O–H groups in total. The fourth-order valence-electron chi connectivity index (χ4n) is 3.19. The Morgan fingerprint density at radius 1 is 1.06 bits per heavy atom. The number of carbonyl (C=O) groups excluding carboxylic acids is 1. The van der Waals surface area contributed by atoms with Crippen LogP contribution in [0.1, 0.15) is 16.1 Å². The van der Waals surface area contributed by atoms with Crippen molar-refractivity contribution < 1.29 is 28.5 Å². The first-order valence-corrected chi connectivity index (χ1v) is 11.1. The summed E-state index contributed by atoms with van der Waals surface area (Å²) in [6, 6.07) is 15.1. The number of nitro benzene ring substituents is 2. The molecule has 1 aromatic heterocycles. The number of nitrogens with zero attached hydrogens (tertiary/aromatic N) is 3. The van der Waals surface area contributed by atoms with Crippen molar-refractivity contribution in [1.82, 2.24) is 5.43 Å². The minimum atomic E-state index is -0.770. The Bertz CT molecular complexity index is 1500.